The Labute approximate surface area is 171 Å². The summed E-state index contributed by atoms with van der Waals surface area (Å²) in [5.74, 6) is 2.03. The second-order valence-electron chi connectivity index (χ2n) is 7.74. The van der Waals surface area contributed by atoms with Crippen molar-refractivity contribution in [3.63, 3.8) is 0 Å². The van der Waals surface area contributed by atoms with E-state index >= 15 is 0 Å². The maximum Gasteiger partial charge on any atom is 0.258 e. The van der Waals surface area contributed by atoms with Gasteiger partial charge in [0.1, 0.15) is 17.3 Å². The molecule has 29 heavy (non-hydrogen) atoms. The summed E-state index contributed by atoms with van der Waals surface area (Å²) in [6.07, 6.45) is 6.21. The smallest absolute Gasteiger partial charge is 0.258 e. The molecule has 0 saturated carbocycles. The predicted octanol–water partition coefficient (Wildman–Crippen LogP) is 2.85. The monoisotopic (exact) mass is 396 g/mol. The highest BCUT2D eigenvalue weighted by Crippen LogP contribution is 2.30. The molecule has 1 amide bonds. The molecule has 1 atom stereocenters. The normalized spacial score (nSPS) is 19.6. The molecule has 154 valence electrons. The minimum absolute atomic E-state index is 0.0671. The van der Waals surface area contributed by atoms with Crippen molar-refractivity contribution < 1.29 is 14.3 Å². The van der Waals surface area contributed by atoms with Gasteiger partial charge in [-0.05, 0) is 44.6 Å². The SMILES string of the molecule is COc1ccc(OC)c(C(=O)N2CCc3nc([C@H]4CCCCN4C)ncc3C2)c1. The first-order valence-electron chi connectivity index (χ1n) is 10.2. The minimum atomic E-state index is -0.0671. The predicted molar refractivity (Wildman–Crippen MR) is 109 cm³/mol. The van der Waals surface area contributed by atoms with E-state index in [1.54, 1.807) is 32.4 Å². The van der Waals surface area contributed by atoms with Gasteiger partial charge in [-0.1, -0.05) is 6.42 Å². The van der Waals surface area contributed by atoms with Crippen molar-refractivity contribution in [2.45, 2.75) is 38.3 Å². The molecule has 7 nitrogen and oxygen atoms in total. The standard InChI is InChI=1S/C22H28N4O3/c1-25-10-5-4-6-19(25)21-23-13-15-14-26(11-9-18(15)24-21)22(27)17-12-16(28-2)7-8-20(17)29-3/h7-8,12-13,19H,4-6,9-11,14H2,1-3H3/t19-/m1/s1. The van der Waals surface area contributed by atoms with Gasteiger partial charge in [0.05, 0.1) is 31.5 Å². The van der Waals surface area contributed by atoms with E-state index in [0.29, 0.717) is 36.2 Å². The highest BCUT2D eigenvalue weighted by molar-refractivity contribution is 5.97. The molecule has 1 aromatic carbocycles. The van der Waals surface area contributed by atoms with Gasteiger partial charge in [0.2, 0.25) is 0 Å². The zero-order chi connectivity index (χ0) is 20.4. The largest absolute Gasteiger partial charge is 0.497 e. The number of piperidine rings is 1. The van der Waals surface area contributed by atoms with E-state index < -0.39 is 0 Å². The molecule has 1 aromatic heterocycles. The Hall–Kier alpha value is -2.67. The molecular formula is C22H28N4O3. The van der Waals surface area contributed by atoms with Gasteiger partial charge in [0.25, 0.3) is 5.91 Å². The van der Waals surface area contributed by atoms with Crippen molar-refractivity contribution in [2.24, 2.45) is 0 Å². The molecule has 2 aromatic rings. The number of hydrogen-bond acceptors (Lipinski definition) is 6. The van der Waals surface area contributed by atoms with Gasteiger partial charge in [-0.2, -0.15) is 0 Å². The molecule has 0 aliphatic carbocycles. The van der Waals surface area contributed by atoms with Crippen molar-refractivity contribution in [3.8, 4) is 11.5 Å². The summed E-state index contributed by atoms with van der Waals surface area (Å²) in [7, 11) is 5.31. The summed E-state index contributed by atoms with van der Waals surface area (Å²) >= 11 is 0. The Balaban J connectivity index is 1.54. The van der Waals surface area contributed by atoms with Crippen LogP contribution >= 0.6 is 0 Å². The van der Waals surface area contributed by atoms with Crippen LogP contribution in [0.15, 0.2) is 24.4 Å². The van der Waals surface area contributed by atoms with Crippen LogP contribution in [-0.4, -0.2) is 60.0 Å². The number of carbonyl (C=O) groups excluding carboxylic acids is 1. The van der Waals surface area contributed by atoms with Gasteiger partial charge in [-0.25, -0.2) is 9.97 Å². The molecule has 1 saturated heterocycles. The number of hydrogen-bond donors (Lipinski definition) is 0. The first kappa shape index (κ1) is 19.6. The van der Waals surface area contributed by atoms with Crippen molar-refractivity contribution >= 4 is 5.91 Å². The Morgan fingerprint density at radius 2 is 2.03 bits per heavy atom. The van der Waals surface area contributed by atoms with Crippen LogP contribution in [0, 0.1) is 0 Å². The van der Waals surface area contributed by atoms with Gasteiger partial charge in [0.15, 0.2) is 0 Å². The molecule has 0 radical (unpaired) electrons. The average molecular weight is 396 g/mol. The molecule has 0 bridgehead atoms. The molecule has 1 fully saturated rings. The Kier molecular flexibility index (Phi) is 5.67. The molecule has 4 rings (SSSR count). The summed E-state index contributed by atoms with van der Waals surface area (Å²) in [5.41, 5.74) is 2.60. The fourth-order valence-electron chi connectivity index (χ4n) is 4.22. The van der Waals surface area contributed by atoms with Gasteiger partial charge in [0, 0.05) is 31.3 Å². The number of ether oxygens (including phenoxy) is 2. The van der Waals surface area contributed by atoms with E-state index in [-0.39, 0.29) is 5.91 Å². The second kappa shape index (κ2) is 8.37. The van der Waals surface area contributed by atoms with Crippen molar-refractivity contribution in [3.05, 3.63) is 47.0 Å². The lowest BCUT2D eigenvalue weighted by atomic mass is 10.0. The topological polar surface area (TPSA) is 67.8 Å². The number of methoxy groups -OCH3 is 2. The quantitative estimate of drug-likeness (QED) is 0.792. The van der Waals surface area contributed by atoms with Gasteiger partial charge in [-0.3, -0.25) is 9.69 Å². The Morgan fingerprint density at radius 1 is 1.17 bits per heavy atom. The van der Waals surface area contributed by atoms with E-state index in [2.05, 4.69) is 16.9 Å². The fourth-order valence-corrected chi connectivity index (χ4v) is 4.22. The molecule has 3 heterocycles. The molecule has 0 N–H and O–H groups in total. The average Bonchev–Trinajstić information content (AvgIpc) is 2.77. The summed E-state index contributed by atoms with van der Waals surface area (Å²) in [6, 6.07) is 5.59. The van der Waals surface area contributed by atoms with Crippen molar-refractivity contribution in [2.75, 3.05) is 34.4 Å². The molecule has 2 aliphatic heterocycles. The van der Waals surface area contributed by atoms with Gasteiger partial charge in [-0.15, -0.1) is 0 Å². The first-order chi connectivity index (χ1) is 14.1. The van der Waals surface area contributed by atoms with Crippen LogP contribution in [0.25, 0.3) is 0 Å². The zero-order valence-corrected chi connectivity index (χ0v) is 17.4. The maximum atomic E-state index is 13.2. The van der Waals surface area contributed by atoms with Crippen LogP contribution in [0.1, 0.15) is 52.7 Å². The second-order valence-corrected chi connectivity index (χ2v) is 7.74. The number of aromatic nitrogens is 2. The lowest BCUT2D eigenvalue weighted by Gasteiger charge is -2.33. The third kappa shape index (κ3) is 3.92. The zero-order valence-electron chi connectivity index (χ0n) is 17.4. The number of amides is 1. The number of carbonyl (C=O) groups is 1. The maximum absolute atomic E-state index is 13.2. The lowest BCUT2D eigenvalue weighted by molar-refractivity contribution is 0.0729. The highest BCUT2D eigenvalue weighted by Gasteiger charge is 2.28. The molecule has 0 spiro atoms. The van der Waals surface area contributed by atoms with E-state index in [0.717, 1.165) is 36.5 Å². The summed E-state index contributed by atoms with van der Waals surface area (Å²) in [6.45, 7) is 2.23. The third-order valence-corrected chi connectivity index (χ3v) is 5.95. The number of nitrogens with zero attached hydrogens (tertiary/aromatic N) is 4. The third-order valence-electron chi connectivity index (χ3n) is 5.95. The number of likely N-dealkylation sites (tertiary alicyclic amines) is 1. The first-order valence-corrected chi connectivity index (χ1v) is 10.2. The minimum Gasteiger partial charge on any atom is -0.497 e. The summed E-state index contributed by atoms with van der Waals surface area (Å²) < 4.78 is 10.7. The molecule has 0 unspecified atom stereocenters. The van der Waals surface area contributed by atoms with Crippen LogP contribution in [-0.2, 0) is 13.0 Å². The molecule has 7 heteroatoms. The van der Waals surface area contributed by atoms with Crippen LogP contribution in [0.2, 0.25) is 0 Å². The summed E-state index contributed by atoms with van der Waals surface area (Å²) in [5, 5.41) is 0. The fraction of sp³-hybridized carbons (Fsp3) is 0.500. The van der Waals surface area contributed by atoms with E-state index in [4.69, 9.17) is 14.5 Å². The lowest BCUT2D eigenvalue weighted by Crippen LogP contribution is -2.37. The van der Waals surface area contributed by atoms with Crippen LogP contribution in [0.5, 0.6) is 11.5 Å². The number of rotatable bonds is 4. The van der Waals surface area contributed by atoms with Crippen molar-refractivity contribution in [1.29, 1.82) is 0 Å². The number of benzene rings is 1. The van der Waals surface area contributed by atoms with Gasteiger partial charge < -0.3 is 14.4 Å². The van der Waals surface area contributed by atoms with Gasteiger partial charge >= 0.3 is 0 Å². The van der Waals surface area contributed by atoms with Crippen LogP contribution in [0.4, 0.5) is 0 Å². The summed E-state index contributed by atoms with van der Waals surface area (Å²) in [4.78, 5) is 26.9. The van der Waals surface area contributed by atoms with E-state index in [9.17, 15) is 4.79 Å². The van der Waals surface area contributed by atoms with E-state index in [1.165, 1.54) is 12.8 Å². The Morgan fingerprint density at radius 3 is 2.79 bits per heavy atom. The highest BCUT2D eigenvalue weighted by atomic mass is 16.5. The Bertz CT molecular complexity index is 902. The van der Waals surface area contributed by atoms with Crippen LogP contribution in [0.3, 0.4) is 0 Å². The van der Waals surface area contributed by atoms with Crippen molar-refractivity contribution in [1.82, 2.24) is 19.8 Å². The van der Waals surface area contributed by atoms with Crippen LogP contribution < -0.4 is 9.47 Å². The molecular weight excluding hydrogens is 368 g/mol. The number of fused-ring (bicyclic) bond motifs is 1. The molecule has 2 aliphatic rings. The van der Waals surface area contributed by atoms with E-state index in [1.807, 2.05) is 11.1 Å².